The smallest absolute Gasteiger partial charge is 0.328 e. The Morgan fingerprint density at radius 3 is 2.58 bits per heavy atom. The second-order valence-corrected chi connectivity index (χ2v) is 3.29. The SMILES string of the molecule is CCCCCC(=CC(=O)O)CBr. The van der Waals surface area contributed by atoms with Crippen LogP contribution >= 0.6 is 15.9 Å². The van der Waals surface area contributed by atoms with E-state index in [1.165, 1.54) is 18.9 Å². The average molecular weight is 235 g/mol. The first kappa shape index (κ1) is 11.7. The molecule has 3 heteroatoms. The van der Waals surface area contributed by atoms with Crippen molar-refractivity contribution in [1.29, 1.82) is 0 Å². The third-order valence-corrected chi connectivity index (χ3v) is 2.32. The molecule has 0 bridgehead atoms. The van der Waals surface area contributed by atoms with Crippen LogP contribution in [-0.4, -0.2) is 16.4 Å². The van der Waals surface area contributed by atoms with Gasteiger partial charge in [0.25, 0.3) is 0 Å². The van der Waals surface area contributed by atoms with Crippen molar-refractivity contribution in [2.75, 3.05) is 5.33 Å². The fourth-order valence-electron chi connectivity index (χ4n) is 0.954. The number of carboxylic acid groups (broad SMARTS) is 1. The van der Waals surface area contributed by atoms with Gasteiger partial charge in [-0.15, -0.1) is 0 Å². The number of hydrogen-bond acceptors (Lipinski definition) is 1. The van der Waals surface area contributed by atoms with Gasteiger partial charge < -0.3 is 5.11 Å². The van der Waals surface area contributed by atoms with Gasteiger partial charge in [-0.25, -0.2) is 4.79 Å². The third-order valence-electron chi connectivity index (χ3n) is 1.60. The first-order chi connectivity index (χ1) is 5.70. The van der Waals surface area contributed by atoms with Crippen LogP contribution in [0.25, 0.3) is 0 Å². The molecule has 0 saturated heterocycles. The van der Waals surface area contributed by atoms with Crippen molar-refractivity contribution in [1.82, 2.24) is 0 Å². The second kappa shape index (κ2) is 7.35. The van der Waals surface area contributed by atoms with Crippen LogP contribution in [0, 0.1) is 0 Å². The normalized spacial score (nSPS) is 11.7. The molecular weight excluding hydrogens is 220 g/mol. The highest BCUT2D eigenvalue weighted by atomic mass is 79.9. The van der Waals surface area contributed by atoms with Crippen molar-refractivity contribution in [3.63, 3.8) is 0 Å². The van der Waals surface area contributed by atoms with E-state index in [1.54, 1.807) is 0 Å². The molecular formula is C9H15BrO2. The molecule has 0 aliphatic rings. The van der Waals surface area contributed by atoms with E-state index < -0.39 is 5.97 Å². The summed E-state index contributed by atoms with van der Waals surface area (Å²) in [6, 6.07) is 0. The Morgan fingerprint density at radius 1 is 1.50 bits per heavy atom. The van der Waals surface area contributed by atoms with Gasteiger partial charge in [0, 0.05) is 11.4 Å². The number of alkyl halides is 1. The Labute approximate surface area is 81.8 Å². The monoisotopic (exact) mass is 234 g/mol. The lowest BCUT2D eigenvalue weighted by atomic mass is 10.1. The predicted molar refractivity (Wildman–Crippen MR) is 53.7 cm³/mol. The summed E-state index contributed by atoms with van der Waals surface area (Å²) in [6.07, 6.45) is 5.61. The zero-order chi connectivity index (χ0) is 9.40. The summed E-state index contributed by atoms with van der Waals surface area (Å²) in [7, 11) is 0. The number of carboxylic acids is 1. The minimum Gasteiger partial charge on any atom is -0.478 e. The molecule has 2 nitrogen and oxygen atoms in total. The van der Waals surface area contributed by atoms with Crippen LogP contribution < -0.4 is 0 Å². The molecule has 0 aromatic rings. The van der Waals surface area contributed by atoms with E-state index >= 15 is 0 Å². The van der Waals surface area contributed by atoms with Crippen molar-refractivity contribution in [3.05, 3.63) is 11.6 Å². The van der Waals surface area contributed by atoms with Crippen LogP contribution in [-0.2, 0) is 4.79 Å². The molecule has 0 saturated carbocycles. The van der Waals surface area contributed by atoms with Crippen LogP contribution in [0.4, 0.5) is 0 Å². The van der Waals surface area contributed by atoms with Gasteiger partial charge in [0.15, 0.2) is 0 Å². The van der Waals surface area contributed by atoms with Gasteiger partial charge in [-0.05, 0) is 12.8 Å². The van der Waals surface area contributed by atoms with Crippen molar-refractivity contribution in [3.8, 4) is 0 Å². The number of allylic oxidation sites excluding steroid dienone is 1. The number of hydrogen-bond donors (Lipinski definition) is 1. The van der Waals surface area contributed by atoms with E-state index in [2.05, 4.69) is 22.9 Å². The van der Waals surface area contributed by atoms with Gasteiger partial charge in [-0.3, -0.25) is 0 Å². The molecule has 1 N–H and O–H groups in total. The molecule has 0 spiro atoms. The third kappa shape index (κ3) is 6.40. The van der Waals surface area contributed by atoms with E-state index in [9.17, 15) is 4.79 Å². The van der Waals surface area contributed by atoms with Gasteiger partial charge in [0.05, 0.1) is 0 Å². The van der Waals surface area contributed by atoms with E-state index in [1.807, 2.05) is 0 Å². The second-order valence-electron chi connectivity index (χ2n) is 2.73. The Hall–Kier alpha value is -0.310. The summed E-state index contributed by atoms with van der Waals surface area (Å²) in [5, 5.41) is 9.14. The minimum atomic E-state index is -0.846. The zero-order valence-corrected chi connectivity index (χ0v) is 8.93. The Kier molecular flexibility index (Phi) is 7.16. The number of halogens is 1. The van der Waals surface area contributed by atoms with E-state index in [-0.39, 0.29) is 0 Å². The molecule has 0 heterocycles. The van der Waals surface area contributed by atoms with Gasteiger partial charge >= 0.3 is 5.97 Å². The highest BCUT2D eigenvalue weighted by molar-refractivity contribution is 9.09. The molecule has 0 fully saturated rings. The van der Waals surface area contributed by atoms with Crippen molar-refractivity contribution < 1.29 is 9.90 Å². The Balaban J connectivity index is 3.75. The lowest BCUT2D eigenvalue weighted by Gasteiger charge is -2.00. The molecule has 0 radical (unpaired) electrons. The summed E-state index contributed by atoms with van der Waals surface area (Å²) in [4.78, 5) is 10.3. The minimum absolute atomic E-state index is 0.670. The maximum Gasteiger partial charge on any atom is 0.328 e. The molecule has 0 amide bonds. The summed E-state index contributed by atoms with van der Waals surface area (Å²) >= 11 is 3.26. The van der Waals surface area contributed by atoms with Crippen LogP contribution in [0.5, 0.6) is 0 Å². The topological polar surface area (TPSA) is 37.3 Å². The van der Waals surface area contributed by atoms with E-state index in [4.69, 9.17) is 5.11 Å². The van der Waals surface area contributed by atoms with Gasteiger partial charge in [0.2, 0.25) is 0 Å². The summed E-state index contributed by atoms with van der Waals surface area (Å²) < 4.78 is 0. The van der Waals surface area contributed by atoms with Crippen molar-refractivity contribution in [2.45, 2.75) is 32.6 Å². The molecule has 70 valence electrons. The molecule has 0 unspecified atom stereocenters. The largest absolute Gasteiger partial charge is 0.478 e. The number of aliphatic carboxylic acids is 1. The fraction of sp³-hybridized carbons (Fsp3) is 0.667. The molecule has 0 aromatic carbocycles. The summed E-state index contributed by atoms with van der Waals surface area (Å²) in [5.41, 5.74) is 0.968. The lowest BCUT2D eigenvalue weighted by Crippen LogP contribution is -1.94. The first-order valence-electron chi connectivity index (χ1n) is 4.19. The first-order valence-corrected chi connectivity index (χ1v) is 5.31. The highest BCUT2D eigenvalue weighted by Crippen LogP contribution is 2.11. The number of rotatable bonds is 6. The van der Waals surface area contributed by atoms with Crippen LogP contribution in [0.1, 0.15) is 32.6 Å². The number of unbranched alkanes of at least 4 members (excludes halogenated alkanes) is 2. The molecule has 12 heavy (non-hydrogen) atoms. The molecule has 0 aliphatic carbocycles. The van der Waals surface area contributed by atoms with Crippen LogP contribution in [0.2, 0.25) is 0 Å². The number of carbonyl (C=O) groups is 1. The van der Waals surface area contributed by atoms with E-state index in [0.717, 1.165) is 18.4 Å². The Bertz CT molecular complexity index is 164. The van der Waals surface area contributed by atoms with Gasteiger partial charge in [-0.2, -0.15) is 0 Å². The highest BCUT2D eigenvalue weighted by Gasteiger charge is 1.98. The zero-order valence-electron chi connectivity index (χ0n) is 7.35. The van der Waals surface area contributed by atoms with Crippen molar-refractivity contribution in [2.24, 2.45) is 0 Å². The Morgan fingerprint density at radius 2 is 2.17 bits per heavy atom. The van der Waals surface area contributed by atoms with E-state index in [0.29, 0.717) is 5.33 Å². The quantitative estimate of drug-likeness (QED) is 0.436. The van der Waals surface area contributed by atoms with Gasteiger partial charge in [-0.1, -0.05) is 41.3 Å². The summed E-state index contributed by atoms with van der Waals surface area (Å²) in [5.74, 6) is -0.846. The molecule has 0 aliphatic heterocycles. The standard InChI is InChI=1S/C9H15BrO2/c1-2-3-4-5-8(7-10)6-9(11)12/h6H,2-5,7H2,1H3,(H,11,12). The molecule has 0 aromatic heterocycles. The molecule has 0 rings (SSSR count). The van der Waals surface area contributed by atoms with Gasteiger partial charge in [0.1, 0.15) is 0 Å². The average Bonchev–Trinajstić information content (AvgIpc) is 2.02. The lowest BCUT2D eigenvalue weighted by molar-refractivity contribution is -0.131. The maximum atomic E-state index is 10.3. The maximum absolute atomic E-state index is 10.3. The predicted octanol–water partition coefficient (Wildman–Crippen LogP) is 2.97. The fourth-order valence-corrected chi connectivity index (χ4v) is 1.40. The van der Waals surface area contributed by atoms with Crippen LogP contribution in [0.15, 0.2) is 11.6 Å². The molecule has 0 atom stereocenters. The summed E-state index contributed by atoms with van der Waals surface area (Å²) in [6.45, 7) is 2.13. The van der Waals surface area contributed by atoms with Crippen molar-refractivity contribution >= 4 is 21.9 Å². The van der Waals surface area contributed by atoms with Crippen LogP contribution in [0.3, 0.4) is 0 Å².